The van der Waals surface area contributed by atoms with Crippen LogP contribution < -0.4 is 0 Å². The zero-order chi connectivity index (χ0) is 21.8. The van der Waals surface area contributed by atoms with Crippen LogP contribution in [0.2, 0.25) is 0 Å². The zero-order valence-corrected chi connectivity index (χ0v) is 22.0. The molecule has 0 unspecified atom stereocenters. The molecule has 0 aromatic heterocycles. The standard InChI is InChI=1S/C9H20.C8H18O.C8H18S/c1-8(2)6-5-7-9(3)4;2*1-7(2)5-6-9-8(3)4/h8-9H,5-7H2,1-4H3;2*7-8H,5-6H2,1-4H3. The van der Waals surface area contributed by atoms with Crippen molar-refractivity contribution in [2.45, 2.75) is 127 Å². The summed E-state index contributed by atoms with van der Waals surface area (Å²) in [6.07, 6.45) is 7.15. The Balaban J connectivity index is -0.000000320. The van der Waals surface area contributed by atoms with Crippen molar-refractivity contribution in [1.29, 1.82) is 0 Å². The largest absolute Gasteiger partial charge is 0.379 e. The maximum Gasteiger partial charge on any atom is 0.0518 e. The molecule has 1 nitrogen and oxygen atoms in total. The van der Waals surface area contributed by atoms with Crippen LogP contribution in [-0.4, -0.2) is 23.7 Å². The molecule has 0 aromatic rings. The summed E-state index contributed by atoms with van der Waals surface area (Å²) < 4.78 is 5.35. The average molecular weight is 405 g/mol. The molecule has 0 aliphatic carbocycles. The van der Waals surface area contributed by atoms with E-state index in [1.54, 1.807) is 0 Å². The van der Waals surface area contributed by atoms with Gasteiger partial charge in [0.05, 0.1) is 6.10 Å². The van der Waals surface area contributed by atoms with E-state index in [-0.39, 0.29) is 0 Å². The van der Waals surface area contributed by atoms with Crippen molar-refractivity contribution in [3.05, 3.63) is 0 Å². The van der Waals surface area contributed by atoms with Gasteiger partial charge in [0.15, 0.2) is 0 Å². The molecule has 0 N–H and O–H groups in total. The van der Waals surface area contributed by atoms with Gasteiger partial charge in [-0.25, -0.2) is 0 Å². The molecular weight excluding hydrogens is 348 g/mol. The van der Waals surface area contributed by atoms with E-state index >= 15 is 0 Å². The van der Waals surface area contributed by atoms with E-state index < -0.39 is 0 Å². The molecule has 0 rings (SSSR count). The Morgan fingerprint density at radius 2 is 0.963 bits per heavy atom. The lowest BCUT2D eigenvalue weighted by Gasteiger charge is -2.08. The first-order valence-corrected chi connectivity index (χ1v) is 12.7. The lowest BCUT2D eigenvalue weighted by molar-refractivity contribution is 0.0710. The van der Waals surface area contributed by atoms with E-state index in [0.717, 1.165) is 35.5 Å². The molecule has 0 fully saturated rings. The molecular formula is C25H56OS. The minimum absolute atomic E-state index is 0.392. The topological polar surface area (TPSA) is 9.23 Å². The van der Waals surface area contributed by atoms with Gasteiger partial charge in [-0.2, -0.15) is 11.8 Å². The first-order chi connectivity index (χ1) is 12.4. The van der Waals surface area contributed by atoms with Gasteiger partial charge in [-0.3, -0.25) is 0 Å². The summed E-state index contributed by atoms with van der Waals surface area (Å²) >= 11 is 2.06. The van der Waals surface area contributed by atoms with Gasteiger partial charge in [0.1, 0.15) is 0 Å². The van der Waals surface area contributed by atoms with Crippen LogP contribution in [0.25, 0.3) is 0 Å². The Morgan fingerprint density at radius 3 is 1.26 bits per heavy atom. The third-order valence-electron chi connectivity index (χ3n) is 3.86. The van der Waals surface area contributed by atoms with Crippen LogP contribution in [-0.2, 0) is 4.74 Å². The Bertz CT molecular complexity index is 190. The average Bonchev–Trinajstić information content (AvgIpc) is 2.46. The minimum Gasteiger partial charge on any atom is -0.379 e. The van der Waals surface area contributed by atoms with Gasteiger partial charge in [-0.05, 0) is 61.4 Å². The number of hydrogen-bond acceptors (Lipinski definition) is 2. The summed E-state index contributed by atoms with van der Waals surface area (Å²) in [5.41, 5.74) is 0. The van der Waals surface area contributed by atoms with E-state index in [9.17, 15) is 0 Å². The van der Waals surface area contributed by atoms with Gasteiger partial charge in [-0.1, -0.05) is 88.5 Å². The van der Waals surface area contributed by atoms with Gasteiger partial charge in [0, 0.05) is 6.61 Å². The smallest absolute Gasteiger partial charge is 0.0518 e. The summed E-state index contributed by atoms with van der Waals surface area (Å²) in [5, 5.41) is 0.809. The van der Waals surface area contributed by atoms with Crippen LogP contribution in [0, 0.1) is 23.7 Å². The summed E-state index contributed by atoms with van der Waals surface area (Å²) in [4.78, 5) is 0. The highest BCUT2D eigenvalue weighted by Crippen LogP contribution is 2.13. The highest BCUT2D eigenvalue weighted by Gasteiger charge is 1.97. The maximum atomic E-state index is 5.35. The molecule has 0 radical (unpaired) electrons. The van der Waals surface area contributed by atoms with Gasteiger partial charge in [0.25, 0.3) is 0 Å². The Labute approximate surface area is 179 Å². The van der Waals surface area contributed by atoms with E-state index in [4.69, 9.17) is 4.74 Å². The van der Waals surface area contributed by atoms with Crippen molar-refractivity contribution >= 4 is 11.8 Å². The molecule has 0 aliphatic heterocycles. The molecule has 0 saturated carbocycles. The summed E-state index contributed by atoms with van der Waals surface area (Å²) in [5.74, 6) is 4.75. The maximum absolute atomic E-state index is 5.35. The fourth-order valence-corrected chi connectivity index (χ4v) is 3.09. The second-order valence-corrected chi connectivity index (χ2v) is 11.6. The number of ether oxygens (including phenoxy) is 1. The quantitative estimate of drug-likeness (QED) is 0.320. The van der Waals surface area contributed by atoms with Crippen molar-refractivity contribution in [3.63, 3.8) is 0 Å². The normalized spacial score (nSPS) is 11.3. The fraction of sp³-hybridized carbons (Fsp3) is 1.00. The predicted molar refractivity (Wildman–Crippen MR) is 131 cm³/mol. The van der Waals surface area contributed by atoms with Crippen LogP contribution in [0.4, 0.5) is 0 Å². The molecule has 0 saturated heterocycles. The number of hydrogen-bond donors (Lipinski definition) is 0. The van der Waals surface area contributed by atoms with Crippen LogP contribution in [0.5, 0.6) is 0 Å². The van der Waals surface area contributed by atoms with E-state index in [0.29, 0.717) is 6.10 Å². The summed E-state index contributed by atoms with van der Waals surface area (Å²) in [7, 11) is 0. The molecule has 168 valence electrons. The first-order valence-electron chi connectivity index (χ1n) is 11.6. The molecule has 0 bridgehead atoms. The third kappa shape index (κ3) is 46.4. The highest BCUT2D eigenvalue weighted by atomic mass is 32.2. The molecule has 2 heteroatoms. The molecule has 0 aromatic carbocycles. The first kappa shape index (κ1) is 32.0. The summed E-state index contributed by atoms with van der Waals surface area (Å²) in [6.45, 7) is 27.7. The van der Waals surface area contributed by atoms with Crippen molar-refractivity contribution in [2.24, 2.45) is 23.7 Å². The third-order valence-corrected chi connectivity index (χ3v) is 4.99. The minimum atomic E-state index is 0.392. The van der Waals surface area contributed by atoms with Gasteiger partial charge in [0.2, 0.25) is 0 Å². The fourth-order valence-electron chi connectivity index (χ4n) is 2.01. The molecule has 0 atom stereocenters. The molecule has 0 heterocycles. The Hall–Kier alpha value is 0.310. The Morgan fingerprint density at radius 1 is 0.556 bits per heavy atom. The van der Waals surface area contributed by atoms with Crippen LogP contribution >= 0.6 is 11.8 Å². The molecule has 0 spiro atoms. The van der Waals surface area contributed by atoms with Gasteiger partial charge < -0.3 is 4.74 Å². The number of rotatable bonds is 12. The molecule has 0 amide bonds. The molecule has 27 heavy (non-hydrogen) atoms. The zero-order valence-electron chi connectivity index (χ0n) is 21.2. The lowest BCUT2D eigenvalue weighted by atomic mass is 10.0. The Kier molecular flexibility index (Phi) is 26.8. The molecule has 0 aliphatic rings. The number of thioether (sulfide) groups is 1. The van der Waals surface area contributed by atoms with Crippen molar-refractivity contribution < 1.29 is 4.74 Å². The van der Waals surface area contributed by atoms with E-state index in [2.05, 4.69) is 94.8 Å². The SMILES string of the molecule is CC(C)CCCC(C)C.CC(C)CCOC(C)C.CC(C)CCSC(C)C. The van der Waals surface area contributed by atoms with Gasteiger partial charge in [-0.15, -0.1) is 0 Å². The van der Waals surface area contributed by atoms with Crippen molar-refractivity contribution in [2.75, 3.05) is 12.4 Å². The lowest BCUT2D eigenvalue weighted by Crippen LogP contribution is -2.05. The monoisotopic (exact) mass is 404 g/mol. The van der Waals surface area contributed by atoms with E-state index in [1.165, 1.54) is 37.9 Å². The van der Waals surface area contributed by atoms with Gasteiger partial charge >= 0.3 is 0 Å². The second kappa shape index (κ2) is 22.6. The van der Waals surface area contributed by atoms with Crippen molar-refractivity contribution in [3.8, 4) is 0 Å². The van der Waals surface area contributed by atoms with Crippen LogP contribution in [0.1, 0.15) is 115 Å². The second-order valence-electron chi connectivity index (χ2n) is 9.92. The van der Waals surface area contributed by atoms with Crippen LogP contribution in [0.3, 0.4) is 0 Å². The highest BCUT2D eigenvalue weighted by molar-refractivity contribution is 7.99. The van der Waals surface area contributed by atoms with E-state index in [1.807, 2.05) is 0 Å². The van der Waals surface area contributed by atoms with Crippen molar-refractivity contribution in [1.82, 2.24) is 0 Å². The predicted octanol–water partition coefficient (Wildman–Crippen LogP) is 9.10. The van der Waals surface area contributed by atoms with Crippen LogP contribution in [0.15, 0.2) is 0 Å². The summed E-state index contributed by atoms with van der Waals surface area (Å²) in [6, 6.07) is 0.